The first-order chi connectivity index (χ1) is 17.9. The first-order valence-corrected chi connectivity index (χ1v) is 11.5. The van der Waals surface area contributed by atoms with Gasteiger partial charge < -0.3 is 25.2 Å². The molecule has 0 atom stereocenters. The lowest BCUT2D eigenvalue weighted by Gasteiger charge is -2.38. The van der Waals surface area contributed by atoms with Gasteiger partial charge in [-0.1, -0.05) is 0 Å². The van der Waals surface area contributed by atoms with E-state index < -0.39 is 11.9 Å². The van der Waals surface area contributed by atoms with E-state index in [2.05, 4.69) is 25.5 Å². The van der Waals surface area contributed by atoms with E-state index in [9.17, 15) is 4.79 Å². The van der Waals surface area contributed by atoms with Crippen molar-refractivity contribution in [1.29, 1.82) is 0 Å². The van der Waals surface area contributed by atoms with Crippen LogP contribution in [0.1, 0.15) is 17.0 Å². The van der Waals surface area contributed by atoms with Crippen LogP contribution in [0.15, 0.2) is 73.5 Å². The van der Waals surface area contributed by atoms with E-state index >= 15 is 0 Å². The van der Waals surface area contributed by atoms with Crippen molar-refractivity contribution in [2.75, 3.05) is 18.4 Å². The van der Waals surface area contributed by atoms with Crippen LogP contribution >= 0.6 is 0 Å². The van der Waals surface area contributed by atoms with Crippen molar-refractivity contribution < 1.29 is 19.7 Å². The quantitative estimate of drug-likeness (QED) is 0.237. The van der Waals surface area contributed by atoms with Gasteiger partial charge in [0.15, 0.2) is 11.5 Å². The maximum Gasteiger partial charge on any atom is 0.279 e. The summed E-state index contributed by atoms with van der Waals surface area (Å²) >= 11 is 0. The molecule has 1 fully saturated rings. The first kappa shape index (κ1) is 22.3. The largest absolute Gasteiger partial charge is 0.481 e. The van der Waals surface area contributed by atoms with Crippen LogP contribution < -0.4 is 10.1 Å². The molecule has 4 aromatic heterocycles. The summed E-state index contributed by atoms with van der Waals surface area (Å²) in [5.74, 6) is 0.664. The van der Waals surface area contributed by atoms with Gasteiger partial charge in [-0.15, -0.1) is 0 Å². The van der Waals surface area contributed by atoms with Gasteiger partial charge in [-0.3, -0.25) is 4.79 Å². The van der Waals surface area contributed by atoms with Crippen LogP contribution in [0.3, 0.4) is 0 Å². The van der Waals surface area contributed by atoms with Crippen LogP contribution in [-0.2, 0) is 4.79 Å². The van der Waals surface area contributed by atoms with Gasteiger partial charge in [0.05, 0.1) is 6.08 Å². The maximum absolute atomic E-state index is 12.0. The summed E-state index contributed by atoms with van der Waals surface area (Å²) in [6.45, 7) is 2.89. The Morgan fingerprint density at radius 2 is 1.84 bits per heavy atom. The van der Waals surface area contributed by atoms with Crippen LogP contribution in [0.25, 0.3) is 11.2 Å². The SMILES string of the molecule is Cc1cc(Nc2ncnn3ccc(C4CN(C(=O)C=C(O)O)C4)c23)ccc1Oc1ccn2ncnc2c1. The van der Waals surface area contributed by atoms with Crippen molar-refractivity contribution in [1.82, 2.24) is 34.1 Å². The van der Waals surface area contributed by atoms with Crippen LogP contribution in [0.5, 0.6) is 11.5 Å². The number of aromatic nitrogens is 6. The maximum atomic E-state index is 12.0. The van der Waals surface area contributed by atoms with Crippen molar-refractivity contribution in [3.05, 3.63) is 84.6 Å². The Kier molecular flexibility index (Phi) is 5.33. The molecule has 1 amide bonds. The molecule has 6 rings (SSSR count). The highest BCUT2D eigenvalue weighted by Crippen LogP contribution is 2.35. The van der Waals surface area contributed by atoms with Crippen LogP contribution in [0.2, 0.25) is 0 Å². The van der Waals surface area contributed by atoms with Gasteiger partial charge in [0, 0.05) is 43.2 Å². The Bertz CT molecular complexity index is 1660. The van der Waals surface area contributed by atoms with Crippen LogP contribution in [-0.4, -0.2) is 63.3 Å². The molecule has 0 aliphatic carbocycles. The molecule has 1 aliphatic heterocycles. The average molecular weight is 499 g/mol. The number of amides is 1. The van der Waals surface area contributed by atoms with Gasteiger partial charge in [-0.05, 0) is 48.4 Å². The van der Waals surface area contributed by atoms with E-state index in [0.29, 0.717) is 36.1 Å². The molecule has 5 heterocycles. The van der Waals surface area contributed by atoms with Gasteiger partial charge in [0.25, 0.3) is 11.9 Å². The second-order valence-electron chi connectivity index (χ2n) is 8.75. The van der Waals surface area contributed by atoms with Crippen molar-refractivity contribution >= 4 is 28.6 Å². The third kappa shape index (κ3) is 4.24. The Labute approximate surface area is 210 Å². The Morgan fingerprint density at radius 1 is 1.05 bits per heavy atom. The van der Waals surface area contributed by atoms with E-state index in [1.54, 1.807) is 20.1 Å². The molecular weight excluding hydrogens is 476 g/mol. The highest BCUT2D eigenvalue weighted by Gasteiger charge is 2.33. The van der Waals surface area contributed by atoms with E-state index in [4.69, 9.17) is 14.9 Å². The van der Waals surface area contributed by atoms with Crippen molar-refractivity contribution in [2.45, 2.75) is 12.8 Å². The highest BCUT2D eigenvalue weighted by atomic mass is 16.5. The zero-order chi connectivity index (χ0) is 25.5. The molecule has 5 aromatic rings. The number of anilines is 2. The first-order valence-electron chi connectivity index (χ1n) is 11.5. The van der Waals surface area contributed by atoms with Crippen molar-refractivity contribution in [2.24, 2.45) is 0 Å². The molecule has 0 bridgehead atoms. The molecule has 1 aromatic carbocycles. The molecule has 3 N–H and O–H groups in total. The lowest BCUT2D eigenvalue weighted by Crippen LogP contribution is -2.47. The zero-order valence-electron chi connectivity index (χ0n) is 19.7. The Hall–Kier alpha value is -5.13. The second kappa shape index (κ2) is 8.82. The molecule has 0 unspecified atom stereocenters. The summed E-state index contributed by atoms with van der Waals surface area (Å²) in [6, 6.07) is 11.4. The number of pyridine rings is 1. The molecule has 0 radical (unpaired) electrons. The van der Waals surface area contributed by atoms with E-state index in [1.165, 1.54) is 12.7 Å². The van der Waals surface area contributed by atoms with Crippen molar-refractivity contribution in [3.63, 3.8) is 0 Å². The van der Waals surface area contributed by atoms with Gasteiger partial charge in [0.1, 0.15) is 29.7 Å². The normalized spacial score (nSPS) is 13.5. The van der Waals surface area contributed by atoms with E-state index in [0.717, 1.165) is 28.4 Å². The Morgan fingerprint density at radius 3 is 2.65 bits per heavy atom. The molecule has 37 heavy (non-hydrogen) atoms. The van der Waals surface area contributed by atoms with Gasteiger partial charge in [-0.2, -0.15) is 10.2 Å². The number of likely N-dealkylation sites (tertiary alicyclic amines) is 1. The minimum Gasteiger partial charge on any atom is -0.481 e. The van der Waals surface area contributed by atoms with E-state index in [1.807, 2.05) is 49.5 Å². The Balaban J connectivity index is 1.21. The number of hydrogen-bond acceptors (Lipinski definition) is 9. The molecule has 12 heteroatoms. The number of rotatable bonds is 6. The number of aliphatic hydroxyl groups excluding tert-OH is 1. The lowest BCUT2D eigenvalue weighted by molar-refractivity contribution is -0.130. The van der Waals surface area contributed by atoms with Gasteiger partial charge in [0.2, 0.25) is 0 Å². The summed E-state index contributed by atoms with van der Waals surface area (Å²) in [4.78, 5) is 22.2. The minimum absolute atomic E-state index is 0.0786. The standard InChI is InChI=1S/C25H22N8O4/c1-15-8-17(2-3-20(15)37-18-4-6-32-21(9-18)26-13-28-32)30-25-24-19(5-7-33(24)29-14-27-25)16-11-31(12-16)22(34)10-23(35)36/h2-10,13-14,16,35-36H,11-12H2,1H3,(H,27,29,30). The fourth-order valence-corrected chi connectivity index (χ4v) is 4.42. The lowest BCUT2D eigenvalue weighted by atomic mass is 9.92. The molecule has 0 saturated carbocycles. The summed E-state index contributed by atoms with van der Waals surface area (Å²) in [6.07, 6.45) is 7.42. The minimum atomic E-state index is -0.995. The number of hydrogen-bond donors (Lipinski definition) is 3. The number of fused-ring (bicyclic) bond motifs is 2. The number of aliphatic hydroxyl groups is 2. The average Bonchev–Trinajstić information content (AvgIpc) is 3.47. The third-order valence-electron chi connectivity index (χ3n) is 6.29. The predicted molar refractivity (Wildman–Crippen MR) is 133 cm³/mol. The topological polar surface area (TPSA) is 142 Å². The van der Waals surface area contributed by atoms with Gasteiger partial charge >= 0.3 is 0 Å². The van der Waals surface area contributed by atoms with E-state index in [-0.39, 0.29) is 5.92 Å². The molecule has 1 aliphatic rings. The molecule has 0 spiro atoms. The number of nitrogens with one attached hydrogen (secondary N) is 1. The monoisotopic (exact) mass is 498 g/mol. The van der Waals surface area contributed by atoms with Gasteiger partial charge in [-0.25, -0.2) is 19.0 Å². The molecular formula is C25H22N8O4. The molecule has 12 nitrogen and oxygen atoms in total. The fourth-order valence-electron chi connectivity index (χ4n) is 4.42. The van der Waals surface area contributed by atoms with Crippen LogP contribution in [0.4, 0.5) is 11.5 Å². The summed E-state index contributed by atoms with van der Waals surface area (Å²) in [7, 11) is 0. The smallest absolute Gasteiger partial charge is 0.279 e. The van der Waals surface area contributed by atoms with Crippen molar-refractivity contribution in [3.8, 4) is 11.5 Å². The summed E-state index contributed by atoms with van der Waals surface area (Å²) in [5.41, 5.74) is 4.29. The zero-order valence-corrected chi connectivity index (χ0v) is 19.7. The van der Waals surface area contributed by atoms with Crippen LogP contribution in [0, 0.1) is 6.92 Å². The second-order valence-corrected chi connectivity index (χ2v) is 8.75. The number of ether oxygens (including phenoxy) is 1. The molecule has 1 saturated heterocycles. The summed E-state index contributed by atoms with van der Waals surface area (Å²) in [5, 5.41) is 29.6. The number of aryl methyl sites for hydroxylation is 1. The number of benzene rings is 1. The summed E-state index contributed by atoms with van der Waals surface area (Å²) < 4.78 is 9.49. The number of carbonyl (C=O) groups is 1. The fraction of sp³-hybridized carbons (Fsp3) is 0.160. The predicted octanol–water partition coefficient (Wildman–Crippen LogP) is 3.50. The number of nitrogens with zero attached hydrogens (tertiary/aromatic N) is 7. The highest BCUT2D eigenvalue weighted by molar-refractivity contribution is 5.89. The number of carbonyl (C=O) groups excluding carboxylic acids is 1. The third-order valence-corrected chi connectivity index (χ3v) is 6.29. The molecule has 186 valence electrons.